The lowest BCUT2D eigenvalue weighted by Gasteiger charge is -2.28. The number of carboxylic acid groups (broad SMARTS) is 1. The number of imidazole rings is 1. The summed E-state index contributed by atoms with van der Waals surface area (Å²) in [5.74, 6) is -0.286. The zero-order valence-electron chi connectivity index (χ0n) is 19.3. The number of ether oxygens (including phenoxy) is 1. The Morgan fingerprint density at radius 3 is 2.42 bits per heavy atom. The lowest BCUT2D eigenvalue weighted by atomic mass is 9.88. The molecule has 0 bridgehead atoms. The average Bonchev–Trinajstić information content (AvgIpc) is 3.16. The first-order valence-corrected chi connectivity index (χ1v) is 11.0. The Morgan fingerprint density at radius 2 is 1.85 bits per heavy atom. The molecular formula is C26H26ClN3O3. The van der Waals surface area contributed by atoms with Crippen LogP contribution >= 0.6 is 11.6 Å². The summed E-state index contributed by atoms with van der Waals surface area (Å²) in [6.07, 6.45) is 2.46. The van der Waals surface area contributed by atoms with Crippen LogP contribution in [-0.2, 0) is 16.6 Å². The van der Waals surface area contributed by atoms with Crippen LogP contribution < -0.4 is 0 Å². The van der Waals surface area contributed by atoms with E-state index in [1.54, 1.807) is 18.3 Å². The highest BCUT2D eigenvalue weighted by molar-refractivity contribution is 6.30. The second kappa shape index (κ2) is 8.61. The number of hydrogen-bond acceptors (Lipinski definition) is 4. The van der Waals surface area contributed by atoms with Gasteiger partial charge in [-0.05, 0) is 74.7 Å². The molecule has 0 aliphatic carbocycles. The molecule has 0 saturated carbocycles. The van der Waals surface area contributed by atoms with E-state index in [0.29, 0.717) is 10.6 Å². The highest BCUT2D eigenvalue weighted by Crippen LogP contribution is 2.40. The molecular weight excluding hydrogens is 438 g/mol. The number of carboxylic acids is 1. The van der Waals surface area contributed by atoms with Gasteiger partial charge in [0, 0.05) is 35.4 Å². The number of halogens is 1. The third-order valence-electron chi connectivity index (χ3n) is 5.38. The normalized spacial score (nSPS) is 12.8. The minimum Gasteiger partial charge on any atom is -0.479 e. The second-order valence-corrected chi connectivity index (χ2v) is 9.50. The Balaban J connectivity index is 2.03. The van der Waals surface area contributed by atoms with Crippen molar-refractivity contribution in [1.82, 2.24) is 14.5 Å². The largest absolute Gasteiger partial charge is 0.479 e. The lowest BCUT2D eigenvalue weighted by Crippen LogP contribution is -2.28. The van der Waals surface area contributed by atoms with Crippen LogP contribution in [0.2, 0.25) is 5.02 Å². The zero-order valence-corrected chi connectivity index (χ0v) is 20.0. The van der Waals surface area contributed by atoms with Gasteiger partial charge in [0.25, 0.3) is 0 Å². The maximum atomic E-state index is 12.4. The number of rotatable bonds is 5. The van der Waals surface area contributed by atoms with Crippen LogP contribution in [0.1, 0.15) is 38.0 Å². The third-order valence-corrected chi connectivity index (χ3v) is 5.63. The van der Waals surface area contributed by atoms with Gasteiger partial charge in [0.15, 0.2) is 11.9 Å². The third kappa shape index (κ3) is 4.63. The van der Waals surface area contributed by atoms with Gasteiger partial charge in [-0.25, -0.2) is 14.8 Å². The maximum absolute atomic E-state index is 12.4. The molecule has 2 aromatic heterocycles. The minimum atomic E-state index is -1.14. The zero-order chi connectivity index (χ0) is 23.9. The molecule has 2 aromatic carbocycles. The average molecular weight is 464 g/mol. The van der Waals surface area contributed by atoms with Crippen molar-refractivity contribution < 1.29 is 14.6 Å². The number of aromatic nitrogens is 3. The highest BCUT2D eigenvalue weighted by atomic mass is 35.5. The van der Waals surface area contributed by atoms with Crippen LogP contribution in [0.4, 0.5) is 0 Å². The molecule has 0 radical (unpaired) electrons. The molecule has 0 aliphatic rings. The number of fused-ring (bicyclic) bond motifs is 1. The summed E-state index contributed by atoms with van der Waals surface area (Å²) in [6.45, 7) is 7.44. The van der Waals surface area contributed by atoms with Crippen molar-refractivity contribution in [3.8, 4) is 22.6 Å². The summed E-state index contributed by atoms with van der Waals surface area (Å²) >= 11 is 6.14. The van der Waals surface area contributed by atoms with E-state index in [1.165, 1.54) is 0 Å². The van der Waals surface area contributed by atoms with E-state index in [4.69, 9.17) is 21.3 Å². The monoisotopic (exact) mass is 463 g/mol. The standard InChI is InChI=1S/C26H26ClN3O3/c1-15-14-20-18(10-11-19(29-20)24-28-12-13-30(24)5)22(16-6-8-17(27)9-7-16)21(15)23(25(31)32)33-26(2,3)4/h6-14,23H,1-5H3,(H,31,32). The van der Waals surface area contributed by atoms with E-state index in [-0.39, 0.29) is 0 Å². The topological polar surface area (TPSA) is 77.2 Å². The fourth-order valence-electron chi connectivity index (χ4n) is 4.01. The van der Waals surface area contributed by atoms with E-state index in [0.717, 1.165) is 39.1 Å². The fourth-order valence-corrected chi connectivity index (χ4v) is 4.14. The smallest absolute Gasteiger partial charge is 0.337 e. The van der Waals surface area contributed by atoms with Gasteiger partial charge in [0.1, 0.15) is 5.69 Å². The van der Waals surface area contributed by atoms with Gasteiger partial charge in [-0.2, -0.15) is 0 Å². The predicted molar refractivity (Wildman–Crippen MR) is 130 cm³/mol. The Labute approximate surface area is 197 Å². The van der Waals surface area contributed by atoms with Gasteiger partial charge in [-0.3, -0.25) is 0 Å². The van der Waals surface area contributed by atoms with E-state index in [9.17, 15) is 9.90 Å². The Kier molecular flexibility index (Phi) is 5.99. The van der Waals surface area contributed by atoms with Crippen LogP contribution in [-0.4, -0.2) is 31.2 Å². The fraction of sp³-hybridized carbons (Fsp3) is 0.269. The quantitative estimate of drug-likeness (QED) is 0.381. The van der Waals surface area contributed by atoms with E-state index < -0.39 is 17.7 Å². The van der Waals surface area contributed by atoms with Crippen LogP contribution in [0.5, 0.6) is 0 Å². The predicted octanol–water partition coefficient (Wildman–Crippen LogP) is 6.20. The van der Waals surface area contributed by atoms with Crippen molar-refractivity contribution in [1.29, 1.82) is 0 Å². The Morgan fingerprint density at radius 1 is 1.15 bits per heavy atom. The molecule has 4 aromatic rings. The summed E-state index contributed by atoms with van der Waals surface area (Å²) in [5.41, 5.74) is 3.86. The minimum absolute atomic E-state index is 0.605. The van der Waals surface area contributed by atoms with Crippen LogP contribution in [0, 0.1) is 6.92 Å². The lowest BCUT2D eigenvalue weighted by molar-refractivity contribution is -0.160. The molecule has 170 valence electrons. The highest BCUT2D eigenvalue weighted by Gasteiger charge is 2.31. The van der Waals surface area contributed by atoms with Crippen LogP contribution in [0.25, 0.3) is 33.5 Å². The molecule has 0 aliphatic heterocycles. The molecule has 1 N–H and O–H groups in total. The first-order valence-electron chi connectivity index (χ1n) is 10.6. The molecule has 2 heterocycles. The first-order chi connectivity index (χ1) is 15.5. The van der Waals surface area contributed by atoms with Gasteiger partial charge in [-0.15, -0.1) is 0 Å². The maximum Gasteiger partial charge on any atom is 0.337 e. The van der Waals surface area contributed by atoms with E-state index in [2.05, 4.69) is 4.98 Å². The van der Waals surface area contributed by atoms with Gasteiger partial charge in [0.05, 0.1) is 11.1 Å². The van der Waals surface area contributed by atoms with Crippen LogP contribution in [0.15, 0.2) is 54.9 Å². The van der Waals surface area contributed by atoms with Crippen molar-refractivity contribution in [2.45, 2.75) is 39.4 Å². The number of benzene rings is 2. The Hall–Kier alpha value is -3.22. The molecule has 0 spiro atoms. The molecule has 6 nitrogen and oxygen atoms in total. The van der Waals surface area contributed by atoms with Crippen molar-refractivity contribution in [2.75, 3.05) is 0 Å². The number of carbonyl (C=O) groups is 1. The van der Waals surface area contributed by atoms with Gasteiger partial charge >= 0.3 is 5.97 Å². The van der Waals surface area contributed by atoms with E-state index in [1.807, 2.05) is 75.8 Å². The number of nitrogens with zero attached hydrogens (tertiary/aromatic N) is 3. The van der Waals surface area contributed by atoms with Gasteiger partial charge < -0.3 is 14.4 Å². The van der Waals surface area contributed by atoms with E-state index >= 15 is 0 Å². The first kappa shape index (κ1) is 23.0. The van der Waals surface area contributed by atoms with Crippen molar-refractivity contribution in [3.63, 3.8) is 0 Å². The molecule has 33 heavy (non-hydrogen) atoms. The number of aryl methyl sites for hydroxylation is 2. The number of pyridine rings is 1. The molecule has 0 saturated heterocycles. The number of hydrogen-bond donors (Lipinski definition) is 1. The summed E-state index contributed by atoms with van der Waals surface area (Å²) in [5, 5.41) is 11.6. The summed E-state index contributed by atoms with van der Waals surface area (Å²) in [7, 11) is 1.92. The van der Waals surface area contributed by atoms with Gasteiger partial charge in [-0.1, -0.05) is 23.7 Å². The SMILES string of the molecule is Cc1cc2nc(-c3nccn3C)ccc2c(-c2ccc(Cl)cc2)c1C(OC(C)(C)C)C(=O)O. The molecule has 7 heteroatoms. The molecule has 0 fully saturated rings. The molecule has 1 atom stereocenters. The van der Waals surface area contributed by atoms with Crippen molar-refractivity contribution >= 4 is 28.5 Å². The molecule has 0 amide bonds. The second-order valence-electron chi connectivity index (χ2n) is 9.06. The summed E-state index contributed by atoms with van der Waals surface area (Å²) in [4.78, 5) is 21.6. The Bertz CT molecular complexity index is 1340. The van der Waals surface area contributed by atoms with Crippen molar-refractivity contribution in [3.05, 3.63) is 71.0 Å². The van der Waals surface area contributed by atoms with Crippen LogP contribution in [0.3, 0.4) is 0 Å². The number of aliphatic carboxylic acids is 1. The molecule has 4 rings (SSSR count). The molecule has 1 unspecified atom stereocenters. The van der Waals surface area contributed by atoms with Gasteiger partial charge in [0.2, 0.25) is 0 Å². The summed E-state index contributed by atoms with van der Waals surface area (Å²) in [6, 6.07) is 13.2. The van der Waals surface area contributed by atoms with Crippen molar-refractivity contribution in [2.24, 2.45) is 7.05 Å². The summed E-state index contributed by atoms with van der Waals surface area (Å²) < 4.78 is 7.95.